The minimum absolute atomic E-state index is 0.280. The fourth-order valence-electron chi connectivity index (χ4n) is 1.84. The second kappa shape index (κ2) is 2.61. The molecule has 0 saturated carbocycles. The smallest absolute Gasteiger partial charge is 0.0645 e. The maximum Gasteiger partial charge on any atom is 0.0645 e. The van der Waals surface area contributed by atoms with Gasteiger partial charge in [0.2, 0.25) is 0 Å². The Labute approximate surface area is 88.2 Å². The first kappa shape index (κ1) is 4.65. The Balaban J connectivity index is 2.67. The van der Waals surface area contributed by atoms with Crippen LogP contribution in [-0.2, 0) is 7.05 Å². The minimum atomic E-state index is 0.280. The fraction of sp³-hybridized carbons (Fsp3) is 0.0769. The normalized spacial score (nSPS) is 15.2. The van der Waals surface area contributed by atoms with Crippen molar-refractivity contribution < 1.29 is 5.48 Å². The monoisotopic (exact) mass is 185 g/mol. The minimum Gasteiger partial charge on any atom is -0.344 e. The van der Waals surface area contributed by atoms with E-state index in [1.54, 1.807) is 16.7 Å². The Kier molecular flexibility index (Phi) is 0.867. The number of fused-ring (bicyclic) bond motifs is 3. The molecule has 1 aromatic heterocycles. The first-order valence-electron chi connectivity index (χ1n) is 6.45. The SMILES string of the molecule is [2H]c1cc([2H])c2c(c1)c1cc([2H])cc([2H])c1n2C. The molecule has 0 spiro atoms. The van der Waals surface area contributed by atoms with Crippen LogP contribution in [0.3, 0.4) is 0 Å². The van der Waals surface area contributed by atoms with E-state index in [4.69, 9.17) is 5.48 Å². The number of rotatable bonds is 0. The third kappa shape index (κ3) is 0.841. The zero-order chi connectivity index (χ0) is 13.0. The molecule has 0 aliphatic rings. The summed E-state index contributed by atoms with van der Waals surface area (Å²) >= 11 is 0. The highest BCUT2D eigenvalue weighted by Gasteiger charge is 2.04. The predicted octanol–water partition coefficient (Wildman–Crippen LogP) is 3.33. The maximum atomic E-state index is 7.95. The summed E-state index contributed by atoms with van der Waals surface area (Å²) in [6.07, 6.45) is 0. The Hall–Kier alpha value is -1.76. The van der Waals surface area contributed by atoms with E-state index in [1.165, 1.54) is 12.1 Å². The van der Waals surface area contributed by atoms with Crippen molar-refractivity contribution in [1.29, 1.82) is 0 Å². The summed E-state index contributed by atoms with van der Waals surface area (Å²) in [6.45, 7) is 0. The van der Waals surface area contributed by atoms with Gasteiger partial charge in [-0.15, -0.1) is 0 Å². The second-order valence-corrected chi connectivity index (χ2v) is 3.28. The van der Waals surface area contributed by atoms with E-state index in [0.29, 0.717) is 11.0 Å². The van der Waals surface area contributed by atoms with Crippen LogP contribution in [0.5, 0.6) is 0 Å². The number of aromatic nitrogens is 1. The lowest BCUT2D eigenvalue weighted by Gasteiger charge is -1.95. The standard InChI is InChI=1S/C13H11N/c1-14-12-8-4-2-6-10(12)11-7-3-5-9-13(11)14/h2-9H,1H3/i2D,3D,8D,9D. The molecule has 0 atom stereocenters. The van der Waals surface area contributed by atoms with Crippen LogP contribution in [0.1, 0.15) is 5.48 Å². The molecule has 0 fully saturated rings. The molecule has 68 valence electrons. The molecule has 0 bridgehead atoms. The van der Waals surface area contributed by atoms with Gasteiger partial charge in [0.05, 0.1) is 5.48 Å². The second-order valence-electron chi connectivity index (χ2n) is 3.28. The molecule has 0 aliphatic heterocycles. The van der Waals surface area contributed by atoms with Crippen molar-refractivity contribution in [3.05, 3.63) is 48.4 Å². The van der Waals surface area contributed by atoms with Crippen molar-refractivity contribution in [2.24, 2.45) is 7.05 Å². The summed E-state index contributed by atoms with van der Waals surface area (Å²) in [5.41, 5.74) is 1.42. The molecule has 1 heterocycles. The molecule has 0 saturated heterocycles. The average Bonchev–Trinajstić information content (AvgIpc) is 2.52. The van der Waals surface area contributed by atoms with Crippen molar-refractivity contribution in [2.75, 3.05) is 0 Å². The molecule has 14 heavy (non-hydrogen) atoms. The van der Waals surface area contributed by atoms with Crippen molar-refractivity contribution in [3.8, 4) is 0 Å². The van der Waals surface area contributed by atoms with E-state index in [-0.39, 0.29) is 24.2 Å². The summed E-state index contributed by atoms with van der Waals surface area (Å²) in [4.78, 5) is 0. The van der Waals surface area contributed by atoms with E-state index in [1.807, 2.05) is 7.05 Å². The van der Waals surface area contributed by atoms with Crippen molar-refractivity contribution >= 4 is 21.8 Å². The molecule has 0 unspecified atom stereocenters. The van der Waals surface area contributed by atoms with Crippen LogP contribution in [0.25, 0.3) is 21.8 Å². The predicted molar refractivity (Wildman–Crippen MR) is 60.4 cm³/mol. The Morgan fingerprint density at radius 3 is 2.00 bits per heavy atom. The molecule has 0 aliphatic carbocycles. The lowest BCUT2D eigenvalue weighted by Crippen LogP contribution is -1.84. The molecule has 2 aromatic carbocycles. The highest BCUT2D eigenvalue weighted by molar-refractivity contribution is 6.07. The van der Waals surface area contributed by atoms with Crippen LogP contribution < -0.4 is 0 Å². The van der Waals surface area contributed by atoms with Gasteiger partial charge in [0.15, 0.2) is 0 Å². The topological polar surface area (TPSA) is 4.93 Å². The number of para-hydroxylation sites is 2. The van der Waals surface area contributed by atoms with E-state index in [9.17, 15) is 0 Å². The first-order valence-corrected chi connectivity index (χ1v) is 4.45. The highest BCUT2D eigenvalue weighted by atomic mass is 14.9. The molecular weight excluding hydrogens is 170 g/mol. The van der Waals surface area contributed by atoms with E-state index in [2.05, 4.69) is 0 Å². The largest absolute Gasteiger partial charge is 0.344 e. The molecule has 1 nitrogen and oxygen atoms in total. The van der Waals surface area contributed by atoms with Crippen LogP contribution in [0, 0.1) is 0 Å². The van der Waals surface area contributed by atoms with Crippen molar-refractivity contribution in [1.82, 2.24) is 4.57 Å². The summed E-state index contributed by atoms with van der Waals surface area (Å²) in [5, 5.41) is 1.54. The van der Waals surface area contributed by atoms with Gasteiger partial charge in [-0.25, -0.2) is 0 Å². The Morgan fingerprint density at radius 1 is 1.00 bits per heavy atom. The lowest BCUT2D eigenvalue weighted by molar-refractivity contribution is 1.01. The molecule has 0 amide bonds. The zero-order valence-corrected chi connectivity index (χ0v) is 7.76. The number of aryl methyl sites for hydroxylation is 1. The third-order valence-electron chi connectivity index (χ3n) is 2.51. The van der Waals surface area contributed by atoms with E-state index >= 15 is 0 Å². The molecular formula is C13H11N. The van der Waals surface area contributed by atoms with Crippen LogP contribution in [0.2, 0.25) is 0 Å². The number of nitrogens with zero attached hydrogens (tertiary/aromatic N) is 1. The lowest BCUT2D eigenvalue weighted by atomic mass is 10.2. The van der Waals surface area contributed by atoms with Gasteiger partial charge >= 0.3 is 0 Å². The van der Waals surface area contributed by atoms with Crippen molar-refractivity contribution in [3.63, 3.8) is 0 Å². The van der Waals surface area contributed by atoms with Gasteiger partial charge in [-0.3, -0.25) is 0 Å². The fourth-order valence-corrected chi connectivity index (χ4v) is 1.84. The maximum absolute atomic E-state index is 7.95. The quantitative estimate of drug-likeness (QED) is 0.506. The number of hydrogen-bond acceptors (Lipinski definition) is 0. The summed E-state index contributed by atoms with van der Waals surface area (Å²) < 4.78 is 33.1. The Bertz CT molecular complexity index is 724. The highest BCUT2D eigenvalue weighted by Crippen LogP contribution is 2.26. The molecule has 0 N–H and O–H groups in total. The summed E-state index contributed by atoms with van der Waals surface area (Å²) in [5.74, 6) is 0. The summed E-state index contributed by atoms with van der Waals surface area (Å²) in [6, 6.07) is 7.48. The van der Waals surface area contributed by atoms with Crippen LogP contribution in [-0.4, -0.2) is 4.57 Å². The number of hydrogen-bond donors (Lipinski definition) is 0. The van der Waals surface area contributed by atoms with E-state index < -0.39 is 0 Å². The van der Waals surface area contributed by atoms with Gasteiger partial charge in [-0.1, -0.05) is 36.4 Å². The average molecular weight is 185 g/mol. The molecule has 0 radical (unpaired) electrons. The van der Waals surface area contributed by atoms with Crippen LogP contribution in [0.15, 0.2) is 48.4 Å². The third-order valence-corrected chi connectivity index (χ3v) is 2.51. The number of benzene rings is 2. The summed E-state index contributed by atoms with van der Waals surface area (Å²) in [7, 11) is 1.81. The molecule has 1 heteroatoms. The van der Waals surface area contributed by atoms with Gasteiger partial charge in [-0.05, 0) is 12.1 Å². The Morgan fingerprint density at radius 2 is 1.50 bits per heavy atom. The van der Waals surface area contributed by atoms with Gasteiger partial charge in [-0.2, -0.15) is 0 Å². The van der Waals surface area contributed by atoms with Crippen molar-refractivity contribution in [2.45, 2.75) is 0 Å². The van der Waals surface area contributed by atoms with E-state index in [0.717, 1.165) is 10.8 Å². The molecule has 3 aromatic rings. The molecule has 3 rings (SSSR count). The van der Waals surface area contributed by atoms with Gasteiger partial charge in [0.1, 0.15) is 0 Å². The van der Waals surface area contributed by atoms with Crippen LogP contribution >= 0.6 is 0 Å². The first-order chi connectivity index (χ1) is 8.49. The van der Waals surface area contributed by atoms with Crippen LogP contribution in [0.4, 0.5) is 0 Å². The van der Waals surface area contributed by atoms with Gasteiger partial charge in [0, 0.05) is 28.9 Å². The van der Waals surface area contributed by atoms with Gasteiger partial charge in [0.25, 0.3) is 0 Å². The van der Waals surface area contributed by atoms with Gasteiger partial charge < -0.3 is 4.57 Å². The zero-order valence-electron chi connectivity index (χ0n) is 11.8.